The van der Waals surface area contributed by atoms with Crippen molar-refractivity contribution in [2.45, 2.75) is 40.3 Å². The van der Waals surface area contributed by atoms with E-state index in [1.54, 1.807) is 20.8 Å². The van der Waals surface area contributed by atoms with Crippen LogP contribution in [0.1, 0.15) is 36.0 Å². The minimum atomic E-state index is -0.406. The molecule has 2 heterocycles. The van der Waals surface area contributed by atoms with Gasteiger partial charge in [-0.25, -0.2) is 9.78 Å². The molecule has 112 valence electrons. The van der Waals surface area contributed by atoms with E-state index in [4.69, 9.17) is 4.74 Å². The normalized spacial score (nSPS) is 11.1. The monoisotopic (exact) mass is 306 g/mol. The molecule has 0 spiro atoms. The number of esters is 1. The van der Waals surface area contributed by atoms with Gasteiger partial charge in [-0.3, -0.25) is 9.36 Å². The van der Waals surface area contributed by atoms with Crippen LogP contribution in [0, 0.1) is 6.92 Å². The molecular formula is C15H18N2O3S. The number of aromatic nitrogens is 2. The smallest absolute Gasteiger partial charge is 0.348 e. The van der Waals surface area contributed by atoms with Crippen LogP contribution in [-0.4, -0.2) is 21.6 Å². The van der Waals surface area contributed by atoms with Crippen molar-refractivity contribution in [2.24, 2.45) is 0 Å². The van der Waals surface area contributed by atoms with E-state index in [1.807, 2.05) is 6.92 Å². The molecule has 0 radical (unpaired) electrons. The first-order valence-electron chi connectivity index (χ1n) is 6.65. The number of hydrogen-bond donors (Lipinski definition) is 0. The number of nitrogens with zero attached hydrogens (tertiary/aromatic N) is 2. The van der Waals surface area contributed by atoms with Crippen molar-refractivity contribution in [1.82, 2.24) is 9.55 Å². The molecule has 0 saturated heterocycles. The molecule has 0 aliphatic carbocycles. The minimum Gasteiger partial charge on any atom is -0.459 e. The Morgan fingerprint density at radius 1 is 1.52 bits per heavy atom. The van der Waals surface area contributed by atoms with Crippen molar-refractivity contribution < 1.29 is 9.53 Å². The Balaban J connectivity index is 2.57. The predicted molar refractivity (Wildman–Crippen MR) is 84.0 cm³/mol. The number of hydrogen-bond acceptors (Lipinski definition) is 5. The van der Waals surface area contributed by atoms with Gasteiger partial charge in [0.25, 0.3) is 5.56 Å². The lowest BCUT2D eigenvalue weighted by Gasteiger charge is -2.06. The Morgan fingerprint density at radius 3 is 2.76 bits per heavy atom. The summed E-state index contributed by atoms with van der Waals surface area (Å²) in [4.78, 5) is 29.8. The summed E-state index contributed by atoms with van der Waals surface area (Å²) in [7, 11) is 0. The molecule has 0 aliphatic rings. The third-order valence-corrected chi connectivity index (χ3v) is 4.07. The van der Waals surface area contributed by atoms with Gasteiger partial charge in [0.1, 0.15) is 9.71 Å². The van der Waals surface area contributed by atoms with Gasteiger partial charge in [0.05, 0.1) is 17.8 Å². The summed E-state index contributed by atoms with van der Waals surface area (Å²) in [6.45, 7) is 11.4. The number of rotatable bonds is 4. The van der Waals surface area contributed by atoms with E-state index in [9.17, 15) is 9.59 Å². The van der Waals surface area contributed by atoms with E-state index < -0.39 is 5.97 Å². The molecule has 0 amide bonds. The zero-order valence-corrected chi connectivity index (χ0v) is 13.4. The van der Waals surface area contributed by atoms with Crippen LogP contribution in [0.25, 0.3) is 10.2 Å². The maximum Gasteiger partial charge on any atom is 0.348 e. The Labute approximate surface area is 126 Å². The van der Waals surface area contributed by atoms with Crippen LogP contribution in [-0.2, 0) is 11.3 Å². The van der Waals surface area contributed by atoms with Crippen LogP contribution in [0.4, 0.5) is 0 Å². The van der Waals surface area contributed by atoms with E-state index >= 15 is 0 Å². The van der Waals surface area contributed by atoms with Gasteiger partial charge >= 0.3 is 5.97 Å². The number of carbonyl (C=O) groups is 1. The van der Waals surface area contributed by atoms with Crippen LogP contribution < -0.4 is 5.56 Å². The molecular weight excluding hydrogens is 288 g/mol. The van der Waals surface area contributed by atoms with E-state index in [2.05, 4.69) is 11.6 Å². The van der Waals surface area contributed by atoms with E-state index in [0.29, 0.717) is 27.2 Å². The predicted octanol–water partition coefficient (Wildman–Crippen LogP) is 2.91. The first-order valence-corrected chi connectivity index (χ1v) is 7.46. The molecule has 5 nitrogen and oxygen atoms in total. The maximum atomic E-state index is 12.5. The van der Waals surface area contributed by atoms with E-state index in [1.165, 1.54) is 22.2 Å². The summed E-state index contributed by atoms with van der Waals surface area (Å²) in [5.74, 6) is -0.406. The van der Waals surface area contributed by atoms with E-state index in [-0.39, 0.29) is 11.7 Å². The number of ether oxygens (including phenoxy) is 1. The second-order valence-electron chi connectivity index (χ2n) is 5.33. The van der Waals surface area contributed by atoms with Crippen molar-refractivity contribution in [1.29, 1.82) is 0 Å². The summed E-state index contributed by atoms with van der Waals surface area (Å²) >= 11 is 1.19. The Kier molecular flexibility index (Phi) is 4.27. The van der Waals surface area contributed by atoms with Crippen molar-refractivity contribution in [3.8, 4) is 0 Å². The van der Waals surface area contributed by atoms with Crippen molar-refractivity contribution in [3.63, 3.8) is 0 Å². The molecule has 6 heteroatoms. The SMILES string of the molecule is C=C(C)Cn1cnc2sc(C(=O)OC(C)C)c(C)c2c1=O. The number of aryl methyl sites for hydroxylation is 1. The third-order valence-electron chi connectivity index (χ3n) is 2.89. The number of fused-ring (bicyclic) bond motifs is 1. The second kappa shape index (κ2) is 5.81. The molecule has 2 aromatic heterocycles. The fourth-order valence-corrected chi connectivity index (χ4v) is 3.05. The summed E-state index contributed by atoms with van der Waals surface area (Å²) in [6, 6.07) is 0. The lowest BCUT2D eigenvalue weighted by atomic mass is 10.2. The molecule has 0 saturated carbocycles. The molecule has 0 aliphatic heterocycles. The molecule has 0 atom stereocenters. The first-order chi connectivity index (χ1) is 9.81. The third kappa shape index (κ3) is 3.05. The van der Waals surface area contributed by atoms with Gasteiger partial charge in [-0.1, -0.05) is 12.2 Å². The number of thiophene rings is 1. The quantitative estimate of drug-likeness (QED) is 0.643. The highest BCUT2D eigenvalue weighted by molar-refractivity contribution is 7.20. The molecule has 2 aromatic rings. The van der Waals surface area contributed by atoms with Gasteiger partial charge < -0.3 is 4.74 Å². The number of allylic oxidation sites excluding steroid dienone is 1. The fraction of sp³-hybridized carbons (Fsp3) is 0.400. The fourth-order valence-electron chi connectivity index (χ4n) is 2.02. The molecule has 0 unspecified atom stereocenters. The second-order valence-corrected chi connectivity index (χ2v) is 6.32. The minimum absolute atomic E-state index is 0.152. The molecule has 0 aromatic carbocycles. The number of carbonyl (C=O) groups excluding carboxylic acids is 1. The van der Waals surface area contributed by atoms with Crippen LogP contribution in [0.5, 0.6) is 0 Å². The summed E-state index contributed by atoms with van der Waals surface area (Å²) < 4.78 is 6.70. The molecule has 21 heavy (non-hydrogen) atoms. The molecule has 0 N–H and O–H groups in total. The lowest BCUT2D eigenvalue weighted by molar-refractivity contribution is 0.0383. The molecule has 0 fully saturated rings. The highest BCUT2D eigenvalue weighted by Crippen LogP contribution is 2.27. The van der Waals surface area contributed by atoms with Gasteiger partial charge in [-0.15, -0.1) is 11.3 Å². The topological polar surface area (TPSA) is 61.2 Å². The van der Waals surface area contributed by atoms with Crippen molar-refractivity contribution in [2.75, 3.05) is 0 Å². The van der Waals surface area contributed by atoms with Gasteiger partial charge in [0.2, 0.25) is 0 Å². The Hall–Kier alpha value is -1.95. The van der Waals surface area contributed by atoms with Gasteiger partial charge in [0.15, 0.2) is 0 Å². The zero-order chi connectivity index (χ0) is 15.7. The highest BCUT2D eigenvalue weighted by Gasteiger charge is 2.21. The van der Waals surface area contributed by atoms with Crippen LogP contribution in [0.15, 0.2) is 23.3 Å². The summed E-state index contributed by atoms with van der Waals surface area (Å²) in [6.07, 6.45) is 1.29. The average Bonchev–Trinajstić information content (AvgIpc) is 2.70. The first kappa shape index (κ1) is 15.4. The van der Waals surface area contributed by atoms with Gasteiger partial charge in [-0.05, 0) is 33.3 Å². The summed E-state index contributed by atoms with van der Waals surface area (Å²) in [5, 5.41) is 0.486. The largest absolute Gasteiger partial charge is 0.459 e. The van der Waals surface area contributed by atoms with Crippen LogP contribution in [0.2, 0.25) is 0 Å². The van der Waals surface area contributed by atoms with Crippen molar-refractivity contribution >= 4 is 27.5 Å². The maximum absolute atomic E-state index is 12.5. The highest BCUT2D eigenvalue weighted by atomic mass is 32.1. The lowest BCUT2D eigenvalue weighted by Crippen LogP contribution is -2.21. The van der Waals surface area contributed by atoms with E-state index in [0.717, 1.165) is 5.57 Å². The van der Waals surface area contributed by atoms with Crippen LogP contribution in [0.3, 0.4) is 0 Å². The van der Waals surface area contributed by atoms with Crippen LogP contribution >= 0.6 is 11.3 Å². The average molecular weight is 306 g/mol. The Bertz CT molecular complexity index is 771. The van der Waals surface area contributed by atoms with Gasteiger partial charge in [0, 0.05) is 6.54 Å². The Morgan fingerprint density at radius 2 is 2.19 bits per heavy atom. The van der Waals surface area contributed by atoms with Gasteiger partial charge in [-0.2, -0.15) is 0 Å². The standard InChI is InChI=1S/C15H18N2O3S/c1-8(2)6-17-7-16-13-11(14(17)18)10(5)12(21-13)15(19)20-9(3)4/h7,9H,1,6H2,2-5H3. The zero-order valence-electron chi connectivity index (χ0n) is 12.6. The molecule has 2 rings (SSSR count). The summed E-state index contributed by atoms with van der Waals surface area (Å²) in [5.41, 5.74) is 1.35. The molecule has 0 bridgehead atoms. The van der Waals surface area contributed by atoms with Crippen molar-refractivity contribution in [3.05, 3.63) is 39.3 Å².